The molecular formula is C18H17ClN4OS2. The van der Waals surface area contributed by atoms with Gasteiger partial charge in [-0.1, -0.05) is 77.2 Å². The monoisotopic (exact) mass is 404 g/mol. The van der Waals surface area contributed by atoms with Crippen molar-refractivity contribution in [3.05, 3.63) is 70.7 Å². The van der Waals surface area contributed by atoms with Gasteiger partial charge >= 0.3 is 0 Å². The molecule has 134 valence electrons. The van der Waals surface area contributed by atoms with Crippen molar-refractivity contribution < 1.29 is 4.79 Å². The molecule has 0 atom stereocenters. The highest BCUT2D eigenvalue weighted by Crippen LogP contribution is 2.25. The van der Waals surface area contributed by atoms with E-state index in [9.17, 15) is 4.79 Å². The van der Waals surface area contributed by atoms with Gasteiger partial charge in [-0.15, -0.1) is 10.2 Å². The second-order valence-electron chi connectivity index (χ2n) is 5.41. The quantitative estimate of drug-likeness (QED) is 0.550. The lowest BCUT2D eigenvalue weighted by molar-refractivity contribution is -0.118. The lowest BCUT2D eigenvalue weighted by Gasteiger charge is -2.04. The summed E-state index contributed by atoms with van der Waals surface area (Å²) in [7, 11) is 0. The van der Waals surface area contributed by atoms with Gasteiger partial charge in [0, 0.05) is 18.1 Å². The number of thioether (sulfide) groups is 1. The normalized spacial score (nSPS) is 10.5. The van der Waals surface area contributed by atoms with Gasteiger partial charge in [-0.2, -0.15) is 0 Å². The minimum atomic E-state index is -0.0519. The van der Waals surface area contributed by atoms with E-state index in [2.05, 4.69) is 20.8 Å². The summed E-state index contributed by atoms with van der Waals surface area (Å²) in [6, 6.07) is 17.5. The van der Waals surface area contributed by atoms with Crippen molar-refractivity contribution in [2.75, 3.05) is 11.1 Å². The van der Waals surface area contributed by atoms with Gasteiger partial charge in [-0.05, 0) is 23.3 Å². The fraction of sp³-hybridized carbons (Fsp3) is 0.167. The summed E-state index contributed by atoms with van der Waals surface area (Å²) in [6.07, 6.45) is 0. The molecule has 8 heteroatoms. The number of aromatic nitrogens is 2. The van der Waals surface area contributed by atoms with Crippen LogP contribution in [-0.2, 0) is 17.9 Å². The third-order valence-corrected chi connectivity index (χ3v) is 5.65. The molecular weight excluding hydrogens is 388 g/mol. The number of amides is 1. The minimum Gasteiger partial charge on any atom is -0.356 e. The fourth-order valence-corrected chi connectivity index (χ4v) is 3.93. The van der Waals surface area contributed by atoms with Crippen molar-refractivity contribution in [1.82, 2.24) is 15.5 Å². The highest BCUT2D eigenvalue weighted by molar-refractivity contribution is 8.01. The van der Waals surface area contributed by atoms with Crippen LogP contribution in [0.2, 0.25) is 5.02 Å². The van der Waals surface area contributed by atoms with Crippen LogP contribution in [0.3, 0.4) is 0 Å². The zero-order valence-corrected chi connectivity index (χ0v) is 16.2. The van der Waals surface area contributed by atoms with E-state index >= 15 is 0 Å². The summed E-state index contributed by atoms with van der Waals surface area (Å²) in [5.41, 5.74) is 2.15. The Hall–Kier alpha value is -2.09. The zero-order valence-electron chi connectivity index (χ0n) is 13.8. The molecule has 0 radical (unpaired) electrons. The van der Waals surface area contributed by atoms with E-state index in [1.165, 1.54) is 28.7 Å². The van der Waals surface area contributed by atoms with Crippen LogP contribution in [0.15, 0.2) is 58.9 Å². The van der Waals surface area contributed by atoms with Crippen LogP contribution in [-0.4, -0.2) is 21.9 Å². The van der Waals surface area contributed by atoms with Crippen molar-refractivity contribution in [3.63, 3.8) is 0 Å². The Bertz CT molecular complexity index is 857. The molecule has 0 spiro atoms. The predicted molar refractivity (Wildman–Crippen MR) is 108 cm³/mol. The highest BCUT2D eigenvalue weighted by Gasteiger charge is 2.08. The van der Waals surface area contributed by atoms with Gasteiger partial charge < -0.3 is 10.6 Å². The number of carbonyl (C=O) groups excluding carboxylic acids is 1. The average molecular weight is 405 g/mol. The smallest absolute Gasteiger partial charge is 0.230 e. The maximum Gasteiger partial charge on any atom is 0.230 e. The van der Waals surface area contributed by atoms with Gasteiger partial charge in [-0.25, -0.2) is 0 Å². The summed E-state index contributed by atoms with van der Waals surface area (Å²) < 4.78 is 0.762. The Morgan fingerprint density at radius 3 is 2.65 bits per heavy atom. The first-order valence-corrected chi connectivity index (χ1v) is 10.1. The number of nitrogens with zero attached hydrogens (tertiary/aromatic N) is 2. The first-order chi connectivity index (χ1) is 12.7. The molecule has 1 amide bonds. The summed E-state index contributed by atoms with van der Waals surface area (Å²) in [5.74, 6) is 0.248. The van der Waals surface area contributed by atoms with Gasteiger partial charge in [0.05, 0.1) is 5.75 Å². The number of nitrogens with one attached hydrogen (secondary N) is 2. The van der Waals surface area contributed by atoms with Crippen LogP contribution < -0.4 is 10.6 Å². The van der Waals surface area contributed by atoms with E-state index < -0.39 is 0 Å². The number of anilines is 1. The number of hydrogen-bond acceptors (Lipinski definition) is 6. The Kier molecular flexibility index (Phi) is 6.88. The van der Waals surface area contributed by atoms with Crippen molar-refractivity contribution in [1.29, 1.82) is 0 Å². The maximum absolute atomic E-state index is 12.0. The second kappa shape index (κ2) is 9.56. The SMILES string of the molecule is O=C(CSc1nnc(NCc2ccccc2)s1)NCc1cccc(Cl)c1. The molecule has 0 unspecified atom stereocenters. The summed E-state index contributed by atoms with van der Waals surface area (Å²) in [4.78, 5) is 12.0. The van der Waals surface area contributed by atoms with Gasteiger partial charge in [0.25, 0.3) is 0 Å². The maximum atomic E-state index is 12.0. The molecule has 1 heterocycles. The summed E-state index contributed by atoms with van der Waals surface area (Å²) >= 11 is 8.75. The van der Waals surface area contributed by atoms with E-state index in [1.807, 2.05) is 54.6 Å². The number of halogens is 1. The van der Waals surface area contributed by atoms with Crippen LogP contribution in [0.25, 0.3) is 0 Å². The molecule has 2 aromatic carbocycles. The van der Waals surface area contributed by atoms with Crippen molar-refractivity contribution in [2.24, 2.45) is 0 Å². The molecule has 1 aromatic heterocycles. The van der Waals surface area contributed by atoms with Gasteiger partial charge in [-0.3, -0.25) is 4.79 Å². The molecule has 0 aliphatic carbocycles. The van der Waals surface area contributed by atoms with E-state index in [4.69, 9.17) is 11.6 Å². The molecule has 3 rings (SSSR count). The standard InChI is InChI=1S/C18H17ClN4OS2/c19-15-8-4-7-14(9-15)11-20-16(24)12-25-18-23-22-17(26-18)21-10-13-5-2-1-3-6-13/h1-9H,10-12H2,(H,20,24)(H,21,22). The molecule has 0 saturated carbocycles. The van der Waals surface area contributed by atoms with Crippen molar-refractivity contribution >= 4 is 45.7 Å². The Morgan fingerprint density at radius 1 is 1.04 bits per heavy atom. The molecule has 0 saturated heterocycles. The van der Waals surface area contributed by atoms with Gasteiger partial charge in [0.1, 0.15) is 0 Å². The molecule has 5 nitrogen and oxygen atoms in total. The fourth-order valence-electron chi connectivity index (χ4n) is 2.14. The first-order valence-electron chi connectivity index (χ1n) is 7.94. The largest absolute Gasteiger partial charge is 0.356 e. The van der Waals surface area contributed by atoms with E-state index in [1.54, 1.807) is 0 Å². The van der Waals surface area contributed by atoms with Crippen LogP contribution in [0.5, 0.6) is 0 Å². The van der Waals surface area contributed by atoms with Crippen LogP contribution in [0, 0.1) is 0 Å². The Balaban J connectivity index is 1.40. The minimum absolute atomic E-state index is 0.0519. The molecule has 0 fully saturated rings. The summed E-state index contributed by atoms with van der Waals surface area (Å²) in [5, 5.41) is 15.7. The van der Waals surface area contributed by atoms with Crippen LogP contribution in [0.1, 0.15) is 11.1 Å². The molecule has 2 N–H and O–H groups in total. The average Bonchev–Trinajstić information content (AvgIpc) is 3.12. The molecule has 0 aliphatic heterocycles. The Morgan fingerprint density at radius 2 is 1.85 bits per heavy atom. The third-order valence-electron chi connectivity index (χ3n) is 3.40. The van der Waals surface area contributed by atoms with E-state index in [0.29, 0.717) is 23.9 Å². The number of hydrogen-bond donors (Lipinski definition) is 2. The number of carbonyl (C=O) groups is 1. The lowest BCUT2D eigenvalue weighted by atomic mass is 10.2. The lowest BCUT2D eigenvalue weighted by Crippen LogP contribution is -2.24. The number of benzene rings is 2. The molecule has 26 heavy (non-hydrogen) atoms. The molecule has 0 bridgehead atoms. The third kappa shape index (κ3) is 6.01. The van der Waals surface area contributed by atoms with E-state index in [0.717, 1.165) is 15.0 Å². The topological polar surface area (TPSA) is 66.9 Å². The van der Waals surface area contributed by atoms with Crippen LogP contribution >= 0.6 is 34.7 Å². The number of rotatable bonds is 8. The summed E-state index contributed by atoms with van der Waals surface area (Å²) in [6.45, 7) is 1.15. The first kappa shape index (κ1) is 18.7. The van der Waals surface area contributed by atoms with Gasteiger partial charge in [0.15, 0.2) is 4.34 Å². The zero-order chi connectivity index (χ0) is 18.2. The second-order valence-corrected chi connectivity index (χ2v) is 8.04. The Labute approximate surface area is 165 Å². The van der Waals surface area contributed by atoms with Crippen molar-refractivity contribution in [2.45, 2.75) is 17.4 Å². The highest BCUT2D eigenvalue weighted by atomic mass is 35.5. The predicted octanol–water partition coefficient (Wildman–Crippen LogP) is 4.21. The van der Waals surface area contributed by atoms with Crippen LogP contribution in [0.4, 0.5) is 5.13 Å². The van der Waals surface area contributed by atoms with Gasteiger partial charge in [0.2, 0.25) is 11.0 Å². The van der Waals surface area contributed by atoms with Crippen molar-refractivity contribution in [3.8, 4) is 0 Å². The molecule has 0 aliphatic rings. The van der Waals surface area contributed by atoms with E-state index in [-0.39, 0.29) is 5.91 Å². The molecule has 3 aromatic rings.